The quantitative estimate of drug-likeness (QED) is 0.438. The van der Waals surface area contributed by atoms with Crippen molar-refractivity contribution in [2.24, 2.45) is 0 Å². The van der Waals surface area contributed by atoms with Gasteiger partial charge in [0.25, 0.3) is 5.56 Å². The van der Waals surface area contributed by atoms with Gasteiger partial charge in [0.1, 0.15) is 0 Å². The van der Waals surface area contributed by atoms with Gasteiger partial charge in [-0.2, -0.15) is 0 Å². The molecule has 0 saturated carbocycles. The molecular formula is C21H19Cl2N5O3S. The highest BCUT2D eigenvalue weighted by atomic mass is 35.5. The second-order valence-electron chi connectivity index (χ2n) is 6.93. The number of aromatic nitrogens is 3. The van der Waals surface area contributed by atoms with Crippen molar-refractivity contribution in [3.05, 3.63) is 61.9 Å². The van der Waals surface area contributed by atoms with Gasteiger partial charge in [0.2, 0.25) is 11.8 Å². The third kappa shape index (κ3) is 5.67. The van der Waals surface area contributed by atoms with Crippen LogP contribution in [0.25, 0.3) is 11.3 Å². The minimum Gasteiger partial charge on any atom is -0.325 e. The number of carbonyl (C=O) groups excluding carboxylic acids is 2. The van der Waals surface area contributed by atoms with Crippen LogP contribution in [-0.2, 0) is 9.59 Å². The molecule has 0 unspecified atom stereocenters. The van der Waals surface area contributed by atoms with Crippen LogP contribution in [0.1, 0.15) is 18.1 Å². The van der Waals surface area contributed by atoms with Crippen LogP contribution in [0.3, 0.4) is 0 Å². The van der Waals surface area contributed by atoms with Gasteiger partial charge in [-0.3, -0.25) is 19.4 Å². The molecule has 32 heavy (non-hydrogen) atoms. The molecule has 3 N–H and O–H groups in total. The number of rotatable bonds is 6. The maximum Gasteiger partial charge on any atom is 0.278 e. The van der Waals surface area contributed by atoms with Crippen LogP contribution in [-0.4, -0.2) is 32.7 Å². The molecule has 2 amide bonds. The Morgan fingerprint density at radius 3 is 2.56 bits per heavy atom. The lowest BCUT2D eigenvalue weighted by Crippen LogP contribution is -2.18. The summed E-state index contributed by atoms with van der Waals surface area (Å²) in [7, 11) is 0. The summed E-state index contributed by atoms with van der Waals surface area (Å²) in [6.45, 7) is 5.10. The maximum atomic E-state index is 12.7. The van der Waals surface area contributed by atoms with Gasteiger partial charge in [-0.15, -0.1) is 10.2 Å². The largest absolute Gasteiger partial charge is 0.325 e. The first-order valence-electron chi connectivity index (χ1n) is 9.38. The van der Waals surface area contributed by atoms with Crippen molar-refractivity contribution in [3.63, 3.8) is 0 Å². The zero-order chi connectivity index (χ0) is 23.4. The molecule has 0 aliphatic heterocycles. The van der Waals surface area contributed by atoms with Gasteiger partial charge >= 0.3 is 0 Å². The summed E-state index contributed by atoms with van der Waals surface area (Å²) in [6.07, 6.45) is 0. The highest BCUT2D eigenvalue weighted by Gasteiger charge is 2.17. The van der Waals surface area contributed by atoms with Crippen molar-refractivity contribution in [1.29, 1.82) is 0 Å². The number of hydrogen-bond acceptors (Lipinski definition) is 6. The first-order chi connectivity index (χ1) is 15.2. The summed E-state index contributed by atoms with van der Waals surface area (Å²) in [5, 5.41) is 14.2. The Bertz CT molecular complexity index is 1260. The number of aromatic amines is 1. The van der Waals surface area contributed by atoms with Gasteiger partial charge in [-0.25, -0.2) is 0 Å². The zero-order valence-corrected chi connectivity index (χ0v) is 19.7. The summed E-state index contributed by atoms with van der Waals surface area (Å²) < 4.78 is 0. The molecule has 0 saturated heterocycles. The van der Waals surface area contributed by atoms with Crippen molar-refractivity contribution in [1.82, 2.24) is 15.2 Å². The zero-order valence-electron chi connectivity index (χ0n) is 17.4. The van der Waals surface area contributed by atoms with E-state index < -0.39 is 5.56 Å². The summed E-state index contributed by atoms with van der Waals surface area (Å²) in [6, 6.07) is 8.56. The number of H-pyrrole nitrogens is 1. The predicted molar refractivity (Wildman–Crippen MR) is 128 cm³/mol. The van der Waals surface area contributed by atoms with Gasteiger partial charge in [0, 0.05) is 12.5 Å². The fourth-order valence-electron chi connectivity index (χ4n) is 2.98. The minimum absolute atomic E-state index is 0.0342. The lowest BCUT2D eigenvalue weighted by molar-refractivity contribution is -0.114. The smallest absolute Gasteiger partial charge is 0.278 e. The molecule has 3 rings (SSSR count). The Kier molecular flexibility index (Phi) is 7.55. The highest BCUT2D eigenvalue weighted by molar-refractivity contribution is 7.99. The van der Waals surface area contributed by atoms with Gasteiger partial charge in [-0.05, 0) is 37.6 Å². The number of nitrogens with one attached hydrogen (secondary N) is 3. The Morgan fingerprint density at radius 2 is 1.88 bits per heavy atom. The van der Waals surface area contributed by atoms with E-state index >= 15 is 0 Å². The summed E-state index contributed by atoms with van der Waals surface area (Å²) >= 11 is 13.0. The van der Waals surface area contributed by atoms with E-state index in [1.807, 2.05) is 19.9 Å². The van der Waals surface area contributed by atoms with Gasteiger partial charge in [0.15, 0.2) is 10.9 Å². The van der Waals surface area contributed by atoms with Gasteiger partial charge in [-0.1, -0.05) is 52.7 Å². The number of benzene rings is 2. The summed E-state index contributed by atoms with van der Waals surface area (Å²) in [5.74, 6) is -0.651. The molecule has 0 bridgehead atoms. The van der Waals surface area contributed by atoms with Crippen LogP contribution in [0.15, 0.2) is 40.3 Å². The Morgan fingerprint density at radius 1 is 1.12 bits per heavy atom. The van der Waals surface area contributed by atoms with E-state index in [-0.39, 0.29) is 33.4 Å². The number of anilines is 2. The standard InChI is InChI=1S/C21H19Cl2N5O3S/c1-10-7-11(2)18(24-12(3)29)13(8-10)19-20(31)26-21(28-27-19)32-9-16(30)25-15-6-4-5-14(22)17(15)23/h4-8H,9H2,1-3H3,(H,24,29)(H,25,30)(H,26,28,31). The first-order valence-corrected chi connectivity index (χ1v) is 11.1. The van der Waals surface area contributed by atoms with Crippen LogP contribution < -0.4 is 16.2 Å². The molecule has 8 nitrogen and oxygen atoms in total. The molecule has 0 atom stereocenters. The molecule has 2 aromatic carbocycles. The number of halogens is 2. The van der Waals surface area contributed by atoms with Gasteiger partial charge in [0.05, 0.1) is 27.2 Å². The minimum atomic E-state index is -0.489. The van der Waals surface area contributed by atoms with Gasteiger partial charge < -0.3 is 10.6 Å². The van der Waals surface area contributed by atoms with Crippen molar-refractivity contribution in [2.45, 2.75) is 25.9 Å². The predicted octanol–water partition coefficient (Wildman–Crippen LogP) is 4.44. The van der Waals surface area contributed by atoms with Crippen LogP contribution >= 0.6 is 35.0 Å². The molecule has 1 aromatic heterocycles. The Labute approximate surface area is 198 Å². The molecule has 0 fully saturated rings. The third-order valence-corrected chi connectivity index (χ3v) is 5.96. The van der Waals surface area contributed by atoms with Crippen molar-refractivity contribution in [2.75, 3.05) is 16.4 Å². The second-order valence-corrected chi connectivity index (χ2v) is 8.68. The van der Waals surface area contributed by atoms with E-state index in [4.69, 9.17) is 23.2 Å². The number of aryl methyl sites for hydroxylation is 2. The van der Waals surface area contributed by atoms with Crippen LogP contribution in [0.5, 0.6) is 0 Å². The second kappa shape index (κ2) is 10.2. The normalized spacial score (nSPS) is 10.7. The SMILES string of the molecule is CC(=O)Nc1c(C)cc(C)cc1-c1nnc(SCC(=O)Nc2cccc(Cl)c2Cl)[nH]c1=O. The molecule has 0 radical (unpaired) electrons. The molecule has 0 aliphatic rings. The molecule has 0 aliphatic carbocycles. The number of amides is 2. The molecule has 166 valence electrons. The average Bonchev–Trinajstić information content (AvgIpc) is 2.72. The van der Waals surface area contributed by atoms with Crippen molar-refractivity contribution in [3.8, 4) is 11.3 Å². The fraction of sp³-hybridized carbons (Fsp3) is 0.190. The molecule has 3 aromatic rings. The molecule has 0 spiro atoms. The lowest BCUT2D eigenvalue weighted by atomic mass is 10.0. The van der Waals surface area contributed by atoms with E-state index in [9.17, 15) is 14.4 Å². The van der Waals surface area contributed by atoms with Crippen LogP contribution in [0, 0.1) is 13.8 Å². The monoisotopic (exact) mass is 491 g/mol. The lowest BCUT2D eigenvalue weighted by Gasteiger charge is -2.13. The highest BCUT2D eigenvalue weighted by Crippen LogP contribution is 2.31. The number of hydrogen-bond donors (Lipinski definition) is 3. The van der Waals surface area contributed by atoms with E-state index in [0.717, 1.165) is 22.9 Å². The average molecular weight is 492 g/mol. The van der Waals surface area contributed by atoms with E-state index in [1.165, 1.54) is 6.92 Å². The molecule has 1 heterocycles. The maximum absolute atomic E-state index is 12.7. The topological polar surface area (TPSA) is 117 Å². The van der Waals surface area contributed by atoms with Crippen LogP contribution in [0.2, 0.25) is 10.0 Å². The van der Waals surface area contributed by atoms with E-state index in [1.54, 1.807) is 24.3 Å². The number of nitrogens with zero attached hydrogens (tertiary/aromatic N) is 2. The fourth-order valence-corrected chi connectivity index (χ4v) is 3.93. The van der Waals surface area contributed by atoms with Crippen LogP contribution in [0.4, 0.5) is 11.4 Å². The van der Waals surface area contributed by atoms with E-state index in [0.29, 0.717) is 22.0 Å². The first kappa shape index (κ1) is 23.8. The summed E-state index contributed by atoms with van der Waals surface area (Å²) in [4.78, 5) is 39.2. The number of thioether (sulfide) groups is 1. The summed E-state index contributed by atoms with van der Waals surface area (Å²) in [5.41, 5.74) is 2.64. The van der Waals surface area contributed by atoms with E-state index in [2.05, 4.69) is 25.8 Å². The Balaban J connectivity index is 1.78. The number of carbonyl (C=O) groups is 2. The molecular weight excluding hydrogens is 473 g/mol. The van der Waals surface area contributed by atoms with Crippen molar-refractivity contribution < 1.29 is 9.59 Å². The Hall–Kier alpha value is -2.88. The van der Waals surface area contributed by atoms with Crippen molar-refractivity contribution >= 4 is 58.2 Å². The molecule has 11 heteroatoms. The third-order valence-electron chi connectivity index (χ3n) is 4.28.